The van der Waals surface area contributed by atoms with Crippen LogP contribution in [0.2, 0.25) is 0 Å². The fourth-order valence-electron chi connectivity index (χ4n) is 1.60. The van der Waals surface area contributed by atoms with E-state index in [1.807, 2.05) is 0 Å². The summed E-state index contributed by atoms with van der Waals surface area (Å²) < 4.78 is 3.21. The molecule has 0 spiro atoms. The Morgan fingerprint density at radius 1 is 1.47 bits per heavy atom. The molecule has 3 N–H and O–H groups in total. The predicted molar refractivity (Wildman–Crippen MR) is 70.2 cm³/mol. The zero-order valence-electron chi connectivity index (χ0n) is 9.63. The highest BCUT2D eigenvalue weighted by Gasteiger charge is 2.16. The van der Waals surface area contributed by atoms with Crippen LogP contribution in [0.1, 0.15) is 25.0 Å². The maximum Gasteiger partial charge on any atom is 0.115 e. The molecule has 0 saturated carbocycles. The molecule has 1 heterocycles. The molecule has 2 atom stereocenters. The topological polar surface area (TPSA) is 64.9 Å². The smallest absolute Gasteiger partial charge is 0.115 e. The largest absolute Gasteiger partial charge is 0.508 e. The van der Waals surface area contributed by atoms with Crippen LogP contribution < -0.4 is 4.72 Å². The van der Waals surface area contributed by atoms with Crippen LogP contribution in [0, 0.1) is 0 Å². The van der Waals surface area contributed by atoms with Gasteiger partial charge in [-0.05, 0) is 36.6 Å². The van der Waals surface area contributed by atoms with E-state index in [9.17, 15) is 5.11 Å². The quantitative estimate of drug-likeness (QED) is 0.718. The van der Waals surface area contributed by atoms with Crippen molar-refractivity contribution >= 4 is 17.0 Å². The van der Waals surface area contributed by atoms with Crippen LogP contribution in [-0.2, 0) is 0 Å². The molecular formula is C12H16N2O2S. The first-order valence-electron chi connectivity index (χ1n) is 5.58. The summed E-state index contributed by atoms with van der Waals surface area (Å²) in [5.41, 5.74) is 0.774. The van der Waals surface area contributed by atoms with Crippen molar-refractivity contribution in [3.05, 3.63) is 29.8 Å². The molecule has 0 aliphatic carbocycles. The number of benzene rings is 1. The van der Waals surface area contributed by atoms with Gasteiger partial charge in [0.1, 0.15) is 5.75 Å². The van der Waals surface area contributed by atoms with Gasteiger partial charge in [-0.3, -0.25) is 9.71 Å². The van der Waals surface area contributed by atoms with Crippen molar-refractivity contribution in [3.8, 4) is 5.75 Å². The van der Waals surface area contributed by atoms with Crippen molar-refractivity contribution in [2.24, 2.45) is 4.99 Å². The van der Waals surface area contributed by atoms with E-state index in [1.54, 1.807) is 24.3 Å². The van der Waals surface area contributed by atoms with E-state index in [0.717, 1.165) is 17.0 Å². The Labute approximate surface area is 105 Å². The van der Waals surface area contributed by atoms with Crippen molar-refractivity contribution in [2.45, 2.75) is 25.5 Å². The number of aromatic hydroxyl groups is 1. The van der Waals surface area contributed by atoms with Gasteiger partial charge in [0.15, 0.2) is 0 Å². The molecule has 1 saturated heterocycles. The number of nitrogens with one attached hydrogen (secondary N) is 1. The van der Waals surface area contributed by atoms with Crippen LogP contribution in [-0.4, -0.2) is 27.8 Å². The third-order valence-corrected chi connectivity index (χ3v) is 3.63. The van der Waals surface area contributed by atoms with Gasteiger partial charge in [0.05, 0.1) is 17.7 Å². The standard InChI is InChI=1S/C12H16N2O2S/c1-8-6-12(17-14-8)13-7-11(16)9-2-4-10(15)5-3-9/h2-5,8,11,14-16H,6-7H2,1H3. The van der Waals surface area contributed by atoms with Gasteiger partial charge in [-0.2, -0.15) is 0 Å². The Morgan fingerprint density at radius 3 is 2.76 bits per heavy atom. The number of hydrogen-bond donors (Lipinski definition) is 3. The SMILES string of the molecule is CC1CC(=NCC(O)c2ccc(O)cc2)SN1. The van der Waals surface area contributed by atoms with E-state index in [-0.39, 0.29) is 5.75 Å². The fraction of sp³-hybridized carbons (Fsp3) is 0.417. The Morgan fingerprint density at radius 2 is 2.18 bits per heavy atom. The first kappa shape index (κ1) is 12.4. The van der Waals surface area contributed by atoms with Gasteiger partial charge in [0.2, 0.25) is 0 Å². The Hall–Kier alpha value is -1.04. The molecule has 1 aromatic rings. The normalized spacial score (nSPS) is 24.1. The van der Waals surface area contributed by atoms with Gasteiger partial charge in [-0.1, -0.05) is 12.1 Å². The second-order valence-electron chi connectivity index (χ2n) is 4.17. The summed E-state index contributed by atoms with van der Waals surface area (Å²) in [5, 5.41) is 20.1. The highest BCUT2D eigenvalue weighted by atomic mass is 32.2. The monoisotopic (exact) mass is 252 g/mol. The molecule has 2 unspecified atom stereocenters. The van der Waals surface area contributed by atoms with Crippen LogP contribution in [0.25, 0.3) is 0 Å². The Bertz CT molecular complexity index is 405. The lowest BCUT2D eigenvalue weighted by Crippen LogP contribution is -2.09. The molecule has 4 nitrogen and oxygen atoms in total. The molecule has 2 rings (SSSR count). The minimum Gasteiger partial charge on any atom is -0.508 e. The highest BCUT2D eigenvalue weighted by molar-refractivity contribution is 8.12. The maximum atomic E-state index is 9.92. The van der Waals surface area contributed by atoms with Crippen LogP contribution in [0.3, 0.4) is 0 Å². The predicted octanol–water partition coefficient (Wildman–Crippen LogP) is 1.85. The first-order chi connectivity index (χ1) is 8.15. The van der Waals surface area contributed by atoms with Gasteiger partial charge in [0.25, 0.3) is 0 Å². The summed E-state index contributed by atoms with van der Waals surface area (Å²) in [6.45, 7) is 2.47. The number of phenols is 1. The molecule has 17 heavy (non-hydrogen) atoms. The molecule has 1 fully saturated rings. The molecule has 1 aliphatic heterocycles. The minimum absolute atomic E-state index is 0.205. The minimum atomic E-state index is -0.611. The lowest BCUT2D eigenvalue weighted by molar-refractivity contribution is 0.187. The van der Waals surface area contributed by atoms with Crippen molar-refractivity contribution in [2.75, 3.05) is 6.54 Å². The van der Waals surface area contributed by atoms with Crippen LogP contribution in [0.15, 0.2) is 29.3 Å². The molecule has 0 radical (unpaired) electrons. The van der Waals surface area contributed by atoms with E-state index >= 15 is 0 Å². The highest BCUT2D eigenvalue weighted by Crippen LogP contribution is 2.20. The van der Waals surface area contributed by atoms with Gasteiger partial charge in [-0.25, -0.2) is 0 Å². The number of aliphatic hydroxyl groups excluding tert-OH is 1. The van der Waals surface area contributed by atoms with Crippen molar-refractivity contribution in [3.63, 3.8) is 0 Å². The van der Waals surface area contributed by atoms with E-state index < -0.39 is 6.10 Å². The maximum absolute atomic E-state index is 9.92. The molecule has 92 valence electrons. The molecule has 0 aromatic heterocycles. The van der Waals surface area contributed by atoms with Crippen molar-refractivity contribution in [1.29, 1.82) is 0 Å². The molecule has 5 heteroatoms. The van der Waals surface area contributed by atoms with Crippen LogP contribution in [0.5, 0.6) is 5.75 Å². The average Bonchev–Trinajstić information content (AvgIpc) is 2.73. The van der Waals surface area contributed by atoms with Crippen LogP contribution in [0.4, 0.5) is 0 Å². The molecular weight excluding hydrogens is 236 g/mol. The van der Waals surface area contributed by atoms with E-state index in [4.69, 9.17) is 5.11 Å². The third kappa shape index (κ3) is 3.46. The molecule has 0 bridgehead atoms. The second kappa shape index (κ2) is 5.53. The molecule has 1 aromatic carbocycles. The summed E-state index contributed by atoms with van der Waals surface area (Å²) in [7, 11) is 0. The third-order valence-electron chi connectivity index (χ3n) is 2.58. The number of aliphatic imine (C=N–C) groups is 1. The van der Waals surface area contributed by atoms with Gasteiger partial charge < -0.3 is 10.2 Å². The average molecular weight is 252 g/mol. The first-order valence-corrected chi connectivity index (χ1v) is 6.39. The summed E-state index contributed by atoms with van der Waals surface area (Å²) in [4.78, 5) is 4.38. The van der Waals surface area contributed by atoms with E-state index in [2.05, 4.69) is 16.6 Å². The van der Waals surface area contributed by atoms with Gasteiger partial charge in [-0.15, -0.1) is 0 Å². The van der Waals surface area contributed by atoms with Gasteiger partial charge >= 0.3 is 0 Å². The summed E-state index contributed by atoms with van der Waals surface area (Å²) >= 11 is 1.54. The molecule has 0 amide bonds. The van der Waals surface area contributed by atoms with Crippen molar-refractivity contribution in [1.82, 2.24) is 4.72 Å². The van der Waals surface area contributed by atoms with Crippen molar-refractivity contribution < 1.29 is 10.2 Å². The van der Waals surface area contributed by atoms with Gasteiger partial charge in [0, 0.05) is 12.5 Å². The zero-order chi connectivity index (χ0) is 12.3. The zero-order valence-corrected chi connectivity index (χ0v) is 10.4. The lowest BCUT2D eigenvalue weighted by atomic mass is 10.1. The number of nitrogens with zero attached hydrogens (tertiary/aromatic N) is 1. The second-order valence-corrected chi connectivity index (χ2v) is 5.08. The Balaban J connectivity index is 1.93. The van der Waals surface area contributed by atoms with E-state index in [1.165, 1.54) is 11.9 Å². The number of hydrogen-bond acceptors (Lipinski definition) is 5. The summed E-state index contributed by atoms with van der Waals surface area (Å²) in [6, 6.07) is 7.01. The number of aliphatic hydroxyl groups is 1. The van der Waals surface area contributed by atoms with E-state index in [0.29, 0.717) is 12.6 Å². The van der Waals surface area contributed by atoms with Crippen LogP contribution >= 0.6 is 11.9 Å². The fourth-order valence-corrected chi connectivity index (χ4v) is 2.49. The number of rotatable bonds is 3. The lowest BCUT2D eigenvalue weighted by Gasteiger charge is -2.08. The number of phenolic OH excluding ortho intramolecular Hbond substituents is 1. The summed E-state index contributed by atoms with van der Waals surface area (Å²) in [5.74, 6) is 0.205. The Kier molecular flexibility index (Phi) is 4.04. The molecule has 1 aliphatic rings. The summed E-state index contributed by atoms with van der Waals surface area (Å²) in [6.07, 6.45) is 0.312.